The number of anilines is 2. The van der Waals surface area contributed by atoms with Crippen LogP contribution < -0.4 is 5.32 Å². The first-order chi connectivity index (χ1) is 16.6. The van der Waals surface area contributed by atoms with Crippen LogP contribution in [0.4, 0.5) is 16.0 Å². The lowest BCUT2D eigenvalue weighted by molar-refractivity contribution is 0.0174. The third-order valence-corrected chi connectivity index (χ3v) is 6.25. The first kappa shape index (κ1) is 22.8. The maximum Gasteiger partial charge on any atom is 0.228 e. The van der Waals surface area contributed by atoms with E-state index in [0.717, 1.165) is 69.3 Å². The Morgan fingerprint density at radius 1 is 1.12 bits per heavy atom. The maximum atomic E-state index is 14.6. The van der Waals surface area contributed by atoms with Crippen molar-refractivity contribution in [2.45, 2.75) is 44.8 Å². The van der Waals surface area contributed by atoms with Crippen molar-refractivity contribution < 1.29 is 13.9 Å². The normalized spacial score (nSPS) is 21.8. The molecular formula is C24H30FN7O2. The molecule has 2 fully saturated rings. The Bertz CT molecular complexity index is 1080. The van der Waals surface area contributed by atoms with Crippen LogP contribution in [0.2, 0.25) is 0 Å². The fourth-order valence-corrected chi connectivity index (χ4v) is 4.43. The SMILES string of the molecule is CC1CC(c2ncc(-c3nc(Nc4ccc(CN5CCCOCC5)nc4)ncc3F)[nH]2)CCO1. The van der Waals surface area contributed by atoms with Gasteiger partial charge in [0.25, 0.3) is 0 Å². The standard InChI is InChI=1S/C24H30FN7O2/c1-16-11-17(5-9-34-16)23-27-14-21(30-23)22-20(25)13-28-24(31-22)29-18-3-4-19(26-12-18)15-32-6-2-8-33-10-7-32/h3-4,12-14,16-17H,2,5-11,15H2,1H3,(H,27,30)(H,28,29,31). The Balaban J connectivity index is 1.26. The second-order valence-corrected chi connectivity index (χ2v) is 8.88. The lowest BCUT2D eigenvalue weighted by Crippen LogP contribution is -2.26. The maximum absolute atomic E-state index is 14.6. The number of rotatable bonds is 6. The predicted octanol–water partition coefficient (Wildman–Crippen LogP) is 3.65. The summed E-state index contributed by atoms with van der Waals surface area (Å²) >= 11 is 0. The van der Waals surface area contributed by atoms with Gasteiger partial charge in [-0.1, -0.05) is 0 Å². The molecule has 0 spiro atoms. The van der Waals surface area contributed by atoms with Gasteiger partial charge in [-0.25, -0.2) is 19.3 Å². The molecule has 10 heteroatoms. The van der Waals surface area contributed by atoms with E-state index >= 15 is 0 Å². The van der Waals surface area contributed by atoms with E-state index in [4.69, 9.17) is 9.47 Å². The Labute approximate surface area is 198 Å². The molecule has 2 aliphatic rings. The minimum atomic E-state index is -0.504. The summed E-state index contributed by atoms with van der Waals surface area (Å²) in [4.78, 5) is 23.1. The van der Waals surface area contributed by atoms with Gasteiger partial charge >= 0.3 is 0 Å². The van der Waals surface area contributed by atoms with Crippen LogP contribution in [0.1, 0.15) is 43.6 Å². The van der Waals surface area contributed by atoms with Crippen molar-refractivity contribution in [3.63, 3.8) is 0 Å². The number of nitrogens with one attached hydrogen (secondary N) is 2. The predicted molar refractivity (Wildman–Crippen MR) is 125 cm³/mol. The number of pyridine rings is 1. The van der Waals surface area contributed by atoms with Crippen molar-refractivity contribution in [2.24, 2.45) is 0 Å². The van der Waals surface area contributed by atoms with E-state index in [1.807, 2.05) is 12.1 Å². The molecule has 34 heavy (non-hydrogen) atoms. The summed E-state index contributed by atoms with van der Waals surface area (Å²) in [6.45, 7) is 7.06. The van der Waals surface area contributed by atoms with Crippen LogP contribution in [0, 0.1) is 5.82 Å². The van der Waals surface area contributed by atoms with Gasteiger partial charge < -0.3 is 19.8 Å². The molecule has 0 aliphatic carbocycles. The smallest absolute Gasteiger partial charge is 0.228 e. The van der Waals surface area contributed by atoms with Gasteiger partial charge in [0.05, 0.1) is 48.4 Å². The first-order valence-corrected chi connectivity index (χ1v) is 11.9. The molecule has 2 saturated heterocycles. The third kappa shape index (κ3) is 5.57. The minimum Gasteiger partial charge on any atom is -0.380 e. The Kier molecular flexibility index (Phi) is 7.08. The fourth-order valence-electron chi connectivity index (χ4n) is 4.43. The van der Waals surface area contributed by atoms with E-state index in [2.05, 4.69) is 42.1 Å². The van der Waals surface area contributed by atoms with Crippen molar-refractivity contribution in [1.82, 2.24) is 29.8 Å². The summed E-state index contributed by atoms with van der Waals surface area (Å²) < 4.78 is 25.7. The van der Waals surface area contributed by atoms with Gasteiger partial charge in [-0.05, 0) is 38.3 Å². The van der Waals surface area contributed by atoms with Crippen molar-refractivity contribution >= 4 is 11.6 Å². The lowest BCUT2D eigenvalue weighted by atomic mass is 9.96. The summed E-state index contributed by atoms with van der Waals surface area (Å²) in [5, 5.41) is 3.12. The zero-order valence-electron chi connectivity index (χ0n) is 19.3. The van der Waals surface area contributed by atoms with Crippen LogP contribution in [0.3, 0.4) is 0 Å². The average Bonchev–Trinajstić information content (AvgIpc) is 3.20. The highest BCUT2D eigenvalue weighted by molar-refractivity contribution is 5.59. The van der Waals surface area contributed by atoms with Crippen molar-refractivity contribution in [2.75, 3.05) is 38.2 Å². The highest BCUT2D eigenvalue weighted by Gasteiger charge is 2.24. The van der Waals surface area contributed by atoms with Gasteiger partial charge in [0, 0.05) is 38.8 Å². The van der Waals surface area contributed by atoms with Gasteiger partial charge in [-0.15, -0.1) is 0 Å². The second-order valence-electron chi connectivity index (χ2n) is 8.88. The molecule has 0 saturated carbocycles. The number of aromatic nitrogens is 5. The topological polar surface area (TPSA) is 101 Å². The van der Waals surface area contributed by atoms with Gasteiger partial charge in [0.15, 0.2) is 5.82 Å². The van der Waals surface area contributed by atoms with E-state index in [0.29, 0.717) is 18.2 Å². The van der Waals surface area contributed by atoms with E-state index in [-0.39, 0.29) is 17.7 Å². The summed E-state index contributed by atoms with van der Waals surface area (Å²) in [5.41, 5.74) is 2.44. The monoisotopic (exact) mass is 467 g/mol. The molecule has 180 valence electrons. The third-order valence-electron chi connectivity index (χ3n) is 6.25. The van der Waals surface area contributed by atoms with Crippen LogP contribution >= 0.6 is 0 Å². The highest BCUT2D eigenvalue weighted by Crippen LogP contribution is 2.30. The molecular weight excluding hydrogens is 437 g/mol. The number of ether oxygens (including phenoxy) is 2. The number of hydrogen-bond donors (Lipinski definition) is 2. The molecule has 2 N–H and O–H groups in total. The van der Waals surface area contributed by atoms with E-state index < -0.39 is 5.82 Å². The van der Waals surface area contributed by atoms with Crippen LogP contribution in [0.5, 0.6) is 0 Å². The number of aromatic amines is 1. The Hall–Kier alpha value is -2.95. The molecule has 2 unspecified atom stereocenters. The molecule has 2 aliphatic heterocycles. The Morgan fingerprint density at radius 3 is 2.91 bits per heavy atom. The van der Waals surface area contributed by atoms with Gasteiger partial charge in [0.2, 0.25) is 5.95 Å². The highest BCUT2D eigenvalue weighted by atomic mass is 19.1. The fraction of sp³-hybridized carbons (Fsp3) is 0.500. The van der Waals surface area contributed by atoms with Crippen molar-refractivity contribution in [1.29, 1.82) is 0 Å². The quantitative estimate of drug-likeness (QED) is 0.567. The lowest BCUT2D eigenvalue weighted by Gasteiger charge is -2.25. The summed E-state index contributed by atoms with van der Waals surface area (Å²) in [7, 11) is 0. The molecule has 9 nitrogen and oxygen atoms in total. The molecule has 0 aromatic carbocycles. The van der Waals surface area contributed by atoms with Crippen LogP contribution in [0.25, 0.3) is 11.4 Å². The molecule has 0 amide bonds. The number of hydrogen-bond acceptors (Lipinski definition) is 8. The molecule has 3 aromatic heterocycles. The van der Waals surface area contributed by atoms with Gasteiger partial charge in [0.1, 0.15) is 11.5 Å². The average molecular weight is 468 g/mol. The summed E-state index contributed by atoms with van der Waals surface area (Å²) in [6.07, 6.45) is 7.56. The van der Waals surface area contributed by atoms with Crippen LogP contribution in [-0.4, -0.2) is 68.8 Å². The molecule has 0 radical (unpaired) electrons. The molecule has 0 bridgehead atoms. The van der Waals surface area contributed by atoms with Gasteiger partial charge in [-0.3, -0.25) is 9.88 Å². The summed E-state index contributed by atoms with van der Waals surface area (Å²) in [6, 6.07) is 3.91. The van der Waals surface area contributed by atoms with Crippen LogP contribution in [0.15, 0.2) is 30.7 Å². The largest absolute Gasteiger partial charge is 0.380 e. The van der Waals surface area contributed by atoms with E-state index in [1.165, 1.54) is 6.20 Å². The van der Waals surface area contributed by atoms with Gasteiger partial charge in [-0.2, -0.15) is 0 Å². The zero-order chi connectivity index (χ0) is 23.3. The molecule has 3 aromatic rings. The summed E-state index contributed by atoms with van der Waals surface area (Å²) in [5.74, 6) is 0.905. The number of H-pyrrole nitrogens is 1. The zero-order valence-corrected chi connectivity index (χ0v) is 19.3. The van der Waals surface area contributed by atoms with E-state index in [9.17, 15) is 4.39 Å². The molecule has 5 heterocycles. The van der Waals surface area contributed by atoms with Crippen molar-refractivity contribution in [3.05, 3.63) is 48.1 Å². The first-order valence-electron chi connectivity index (χ1n) is 11.9. The number of halogens is 1. The molecule has 2 atom stereocenters. The number of nitrogens with zero attached hydrogens (tertiary/aromatic N) is 5. The second kappa shape index (κ2) is 10.5. The molecule has 5 rings (SSSR count). The van der Waals surface area contributed by atoms with E-state index in [1.54, 1.807) is 12.4 Å². The number of imidazole rings is 1. The van der Waals surface area contributed by atoms with Crippen molar-refractivity contribution in [3.8, 4) is 11.4 Å². The minimum absolute atomic E-state index is 0.185. The van der Waals surface area contributed by atoms with Crippen LogP contribution in [-0.2, 0) is 16.0 Å². The Morgan fingerprint density at radius 2 is 2.06 bits per heavy atom.